The van der Waals surface area contributed by atoms with Gasteiger partial charge in [0.15, 0.2) is 0 Å². The smallest absolute Gasteiger partial charge is 0.255 e. The van der Waals surface area contributed by atoms with Crippen molar-refractivity contribution in [2.24, 2.45) is 11.3 Å². The van der Waals surface area contributed by atoms with E-state index in [-0.39, 0.29) is 17.4 Å². The van der Waals surface area contributed by atoms with Crippen LogP contribution in [0, 0.1) is 29.6 Å². The molecule has 1 aliphatic heterocycles. The summed E-state index contributed by atoms with van der Waals surface area (Å²) in [6.45, 7) is 1.43. The second-order valence-electron chi connectivity index (χ2n) is 8.07. The van der Waals surface area contributed by atoms with Crippen LogP contribution in [-0.4, -0.2) is 41.3 Å². The molecule has 0 radical (unpaired) electrons. The number of halogens is 2. The van der Waals surface area contributed by atoms with Gasteiger partial charge >= 0.3 is 0 Å². The molecular weight excluding hydrogens is 418 g/mol. The highest BCUT2D eigenvalue weighted by molar-refractivity contribution is 6.02. The highest BCUT2D eigenvalue weighted by Crippen LogP contribution is 2.51. The van der Waals surface area contributed by atoms with Crippen LogP contribution in [0.3, 0.4) is 0 Å². The fourth-order valence-electron chi connectivity index (χ4n) is 4.05. The van der Waals surface area contributed by atoms with Gasteiger partial charge in [0.2, 0.25) is 5.91 Å². The number of hydrogen-bond donors (Lipinski definition) is 2. The average Bonchev–Trinajstić information content (AvgIpc) is 3.56. The number of hydrogen-bond acceptors (Lipinski definition) is 6. The minimum atomic E-state index is -2.63. The maximum atomic E-state index is 13.0. The van der Waals surface area contributed by atoms with Gasteiger partial charge in [-0.25, -0.2) is 18.7 Å². The first-order valence-electron chi connectivity index (χ1n) is 10.3. The summed E-state index contributed by atoms with van der Waals surface area (Å²) in [4.78, 5) is 35.1. The minimum absolute atomic E-state index is 0.146. The van der Waals surface area contributed by atoms with Crippen LogP contribution < -0.4 is 15.5 Å². The number of nitrogens with zero attached hydrogens (tertiary/aromatic N) is 4. The zero-order valence-electron chi connectivity index (χ0n) is 17.4. The lowest BCUT2D eigenvalue weighted by molar-refractivity contribution is -0.123. The van der Waals surface area contributed by atoms with E-state index in [4.69, 9.17) is 0 Å². The van der Waals surface area contributed by atoms with Crippen molar-refractivity contribution < 1.29 is 18.4 Å². The van der Waals surface area contributed by atoms with E-state index in [9.17, 15) is 23.6 Å². The third-order valence-electron chi connectivity index (χ3n) is 5.91. The molecule has 10 heteroatoms. The molecule has 2 fully saturated rings. The zero-order chi connectivity index (χ0) is 22.9. The molecule has 32 heavy (non-hydrogen) atoms. The molecule has 3 heterocycles. The lowest BCUT2D eigenvalue weighted by Gasteiger charge is -2.21. The summed E-state index contributed by atoms with van der Waals surface area (Å²) in [5, 5.41) is 14.8. The van der Waals surface area contributed by atoms with E-state index in [1.165, 1.54) is 6.20 Å². The van der Waals surface area contributed by atoms with Crippen molar-refractivity contribution in [2.75, 3.05) is 23.3 Å². The number of pyridine rings is 2. The molecule has 0 aromatic carbocycles. The first-order valence-corrected chi connectivity index (χ1v) is 10.3. The van der Waals surface area contributed by atoms with Crippen LogP contribution in [0.5, 0.6) is 0 Å². The van der Waals surface area contributed by atoms with E-state index < -0.39 is 24.3 Å². The average molecular weight is 440 g/mol. The molecule has 0 unspecified atom stereocenters. The molecule has 166 valence electrons. The van der Waals surface area contributed by atoms with Crippen LogP contribution in [-0.2, 0) is 4.79 Å². The number of aryl methyl sites for hydroxylation is 1. The fraction of sp³-hybridized carbons (Fsp3) is 0.409. The van der Waals surface area contributed by atoms with Gasteiger partial charge in [0.05, 0.1) is 18.2 Å². The van der Waals surface area contributed by atoms with Gasteiger partial charge in [0.1, 0.15) is 17.1 Å². The summed E-state index contributed by atoms with van der Waals surface area (Å²) < 4.78 is 24.6. The highest BCUT2D eigenvalue weighted by atomic mass is 19.3. The summed E-state index contributed by atoms with van der Waals surface area (Å²) in [6, 6.07) is 7.31. The van der Waals surface area contributed by atoms with Gasteiger partial charge < -0.3 is 15.5 Å². The van der Waals surface area contributed by atoms with Crippen molar-refractivity contribution >= 4 is 29.1 Å². The Hall–Kier alpha value is -3.61. The second kappa shape index (κ2) is 8.49. The molecule has 1 aliphatic carbocycles. The number of nitriles is 1. The Bertz CT molecular complexity index is 1100. The van der Waals surface area contributed by atoms with E-state index >= 15 is 0 Å². The van der Waals surface area contributed by atoms with Gasteiger partial charge in [-0.2, -0.15) is 5.26 Å². The van der Waals surface area contributed by atoms with Crippen LogP contribution in [0.4, 0.5) is 26.1 Å². The molecule has 1 atom stereocenters. The molecule has 1 saturated heterocycles. The van der Waals surface area contributed by atoms with E-state index in [0.717, 1.165) is 12.8 Å². The number of rotatable bonds is 7. The Balaban J connectivity index is 1.48. The Morgan fingerprint density at radius 1 is 1.34 bits per heavy atom. The SMILES string of the molecule is Cc1cc(Nc2cc(N3CC[C@@](C#N)(C4CC4)C3=O)ccn2)ncc1C(=O)NCC(F)F. The molecule has 2 N–H and O–H groups in total. The normalized spacial score (nSPS) is 20.3. The number of anilines is 3. The third-order valence-corrected chi connectivity index (χ3v) is 5.91. The summed E-state index contributed by atoms with van der Waals surface area (Å²) in [7, 11) is 0. The summed E-state index contributed by atoms with van der Waals surface area (Å²) in [5.74, 6) is 0.222. The topological polar surface area (TPSA) is 111 Å². The van der Waals surface area contributed by atoms with Gasteiger partial charge in [-0.1, -0.05) is 0 Å². The number of carbonyl (C=O) groups is 2. The van der Waals surface area contributed by atoms with Crippen molar-refractivity contribution in [3.05, 3.63) is 41.7 Å². The number of carbonyl (C=O) groups excluding carboxylic acids is 2. The first kappa shape index (κ1) is 21.6. The minimum Gasteiger partial charge on any atom is -0.346 e. The molecule has 2 aromatic heterocycles. The third kappa shape index (κ3) is 4.10. The molecule has 0 spiro atoms. The van der Waals surface area contributed by atoms with E-state index in [2.05, 4.69) is 26.7 Å². The highest BCUT2D eigenvalue weighted by Gasteiger charge is 2.56. The fourth-order valence-corrected chi connectivity index (χ4v) is 4.05. The predicted octanol–water partition coefficient (Wildman–Crippen LogP) is 3.18. The predicted molar refractivity (Wildman–Crippen MR) is 113 cm³/mol. The van der Waals surface area contributed by atoms with Crippen molar-refractivity contribution in [1.29, 1.82) is 5.26 Å². The molecule has 2 amide bonds. The van der Waals surface area contributed by atoms with Crippen molar-refractivity contribution in [2.45, 2.75) is 32.6 Å². The molecule has 2 aliphatic rings. The van der Waals surface area contributed by atoms with E-state index in [1.807, 2.05) is 0 Å². The first-order chi connectivity index (χ1) is 15.3. The van der Waals surface area contributed by atoms with Crippen molar-refractivity contribution in [3.63, 3.8) is 0 Å². The number of amides is 2. The van der Waals surface area contributed by atoms with E-state index in [1.54, 1.807) is 36.2 Å². The van der Waals surface area contributed by atoms with E-state index in [0.29, 0.717) is 35.9 Å². The van der Waals surface area contributed by atoms with Gasteiger partial charge in [-0.05, 0) is 49.8 Å². The van der Waals surface area contributed by atoms with Gasteiger partial charge in [0.25, 0.3) is 12.3 Å². The van der Waals surface area contributed by atoms with Crippen LogP contribution in [0.25, 0.3) is 0 Å². The summed E-state index contributed by atoms with van der Waals surface area (Å²) in [6.07, 6.45) is 2.59. The van der Waals surface area contributed by atoms with Gasteiger partial charge in [-0.3, -0.25) is 9.59 Å². The monoisotopic (exact) mass is 440 g/mol. The number of nitrogens with one attached hydrogen (secondary N) is 2. The van der Waals surface area contributed by atoms with Crippen LogP contribution in [0.1, 0.15) is 35.2 Å². The van der Waals surface area contributed by atoms with Gasteiger partial charge in [0, 0.05) is 30.7 Å². The van der Waals surface area contributed by atoms with Crippen molar-refractivity contribution in [1.82, 2.24) is 15.3 Å². The molecule has 8 nitrogen and oxygen atoms in total. The molecule has 0 bridgehead atoms. The molecule has 2 aromatic rings. The quantitative estimate of drug-likeness (QED) is 0.684. The second-order valence-corrected chi connectivity index (χ2v) is 8.07. The Kier molecular flexibility index (Phi) is 5.74. The maximum Gasteiger partial charge on any atom is 0.255 e. The lowest BCUT2D eigenvalue weighted by atomic mass is 9.83. The zero-order valence-corrected chi connectivity index (χ0v) is 17.4. The summed E-state index contributed by atoms with van der Waals surface area (Å²) >= 11 is 0. The van der Waals surface area contributed by atoms with Crippen LogP contribution in [0.2, 0.25) is 0 Å². The Morgan fingerprint density at radius 3 is 2.75 bits per heavy atom. The molecule has 4 rings (SSSR count). The Labute approximate surface area is 183 Å². The van der Waals surface area contributed by atoms with Crippen LogP contribution in [0.15, 0.2) is 30.6 Å². The maximum absolute atomic E-state index is 13.0. The Morgan fingerprint density at radius 2 is 2.09 bits per heavy atom. The van der Waals surface area contributed by atoms with Gasteiger partial charge in [-0.15, -0.1) is 0 Å². The standard InChI is InChI=1S/C22H22F2N6O2/c1-13-8-18(27-10-16(13)20(31)28-11-17(23)24)29-19-9-15(4-6-26-19)30-7-5-22(12-25,21(30)32)14-2-3-14/h4,6,8-10,14,17H,2-3,5,7,11H2,1H3,(H,28,31)(H,26,27,29)/t22-/m1/s1. The summed E-state index contributed by atoms with van der Waals surface area (Å²) in [5.41, 5.74) is 0.484. The van der Waals surface area contributed by atoms with Crippen molar-refractivity contribution in [3.8, 4) is 6.07 Å². The lowest BCUT2D eigenvalue weighted by Crippen LogP contribution is -2.35. The molecule has 1 saturated carbocycles. The number of alkyl halides is 2. The van der Waals surface area contributed by atoms with Crippen LogP contribution >= 0.6 is 0 Å². The number of aromatic nitrogens is 2. The largest absolute Gasteiger partial charge is 0.346 e. The molecular formula is C22H22F2N6O2.